The SMILES string of the molecule is CCOCCCC(=O)NCCc1nc(C(=O)O)cs1. The van der Waals surface area contributed by atoms with Gasteiger partial charge in [0.1, 0.15) is 0 Å². The number of rotatable bonds is 9. The summed E-state index contributed by atoms with van der Waals surface area (Å²) in [6, 6.07) is 0. The zero-order valence-corrected chi connectivity index (χ0v) is 11.7. The van der Waals surface area contributed by atoms with Crippen LogP contribution < -0.4 is 5.32 Å². The van der Waals surface area contributed by atoms with Crippen molar-refractivity contribution in [3.63, 3.8) is 0 Å². The predicted molar refractivity (Wildman–Crippen MR) is 71.5 cm³/mol. The fourth-order valence-corrected chi connectivity index (χ4v) is 2.17. The van der Waals surface area contributed by atoms with E-state index in [-0.39, 0.29) is 11.6 Å². The Labute approximate surface area is 115 Å². The summed E-state index contributed by atoms with van der Waals surface area (Å²) in [5.41, 5.74) is 0.0584. The van der Waals surface area contributed by atoms with Crippen molar-refractivity contribution in [1.29, 1.82) is 0 Å². The van der Waals surface area contributed by atoms with Crippen molar-refractivity contribution in [2.45, 2.75) is 26.2 Å². The Morgan fingerprint density at radius 2 is 2.32 bits per heavy atom. The van der Waals surface area contributed by atoms with Crippen LogP contribution in [0.2, 0.25) is 0 Å². The largest absolute Gasteiger partial charge is 0.476 e. The zero-order valence-electron chi connectivity index (χ0n) is 10.8. The molecule has 0 aliphatic carbocycles. The van der Waals surface area contributed by atoms with Crippen molar-refractivity contribution in [2.75, 3.05) is 19.8 Å². The van der Waals surface area contributed by atoms with Gasteiger partial charge in [-0.15, -0.1) is 11.3 Å². The first kappa shape index (κ1) is 15.6. The van der Waals surface area contributed by atoms with E-state index < -0.39 is 5.97 Å². The highest BCUT2D eigenvalue weighted by Crippen LogP contribution is 2.09. The van der Waals surface area contributed by atoms with Crippen LogP contribution >= 0.6 is 11.3 Å². The summed E-state index contributed by atoms with van der Waals surface area (Å²) in [4.78, 5) is 26.0. The van der Waals surface area contributed by atoms with E-state index in [1.807, 2.05) is 6.92 Å². The highest BCUT2D eigenvalue weighted by Gasteiger charge is 2.08. The number of ether oxygens (including phenoxy) is 1. The minimum Gasteiger partial charge on any atom is -0.476 e. The Morgan fingerprint density at radius 3 is 2.95 bits per heavy atom. The lowest BCUT2D eigenvalue weighted by Gasteiger charge is -2.04. The van der Waals surface area contributed by atoms with E-state index in [1.54, 1.807) is 0 Å². The Morgan fingerprint density at radius 1 is 1.53 bits per heavy atom. The van der Waals surface area contributed by atoms with Crippen molar-refractivity contribution < 1.29 is 19.4 Å². The van der Waals surface area contributed by atoms with Crippen molar-refractivity contribution in [2.24, 2.45) is 0 Å². The molecule has 1 aromatic heterocycles. The monoisotopic (exact) mass is 286 g/mol. The Bertz CT molecular complexity index is 420. The van der Waals surface area contributed by atoms with Gasteiger partial charge in [-0.1, -0.05) is 0 Å². The highest BCUT2D eigenvalue weighted by molar-refractivity contribution is 7.09. The summed E-state index contributed by atoms with van der Waals surface area (Å²) in [5.74, 6) is -1.04. The molecule has 1 amide bonds. The van der Waals surface area contributed by atoms with Gasteiger partial charge in [-0.2, -0.15) is 0 Å². The number of aromatic nitrogens is 1. The number of carboxylic acid groups (broad SMARTS) is 1. The third kappa shape index (κ3) is 6.30. The maximum atomic E-state index is 11.4. The normalized spacial score (nSPS) is 10.4. The van der Waals surface area contributed by atoms with E-state index in [9.17, 15) is 9.59 Å². The third-order valence-electron chi connectivity index (χ3n) is 2.33. The molecule has 0 unspecified atom stereocenters. The number of nitrogens with one attached hydrogen (secondary N) is 1. The lowest BCUT2D eigenvalue weighted by atomic mass is 10.3. The van der Waals surface area contributed by atoms with Crippen LogP contribution in [0.3, 0.4) is 0 Å². The number of hydrogen-bond acceptors (Lipinski definition) is 5. The van der Waals surface area contributed by atoms with E-state index in [1.165, 1.54) is 16.7 Å². The molecular weight excluding hydrogens is 268 g/mol. The molecule has 0 aliphatic heterocycles. The molecule has 1 heterocycles. The first-order chi connectivity index (χ1) is 9.13. The van der Waals surface area contributed by atoms with Crippen molar-refractivity contribution in [3.8, 4) is 0 Å². The lowest BCUT2D eigenvalue weighted by Crippen LogP contribution is -2.25. The Hall–Kier alpha value is -1.47. The van der Waals surface area contributed by atoms with Crippen LogP contribution in [0.4, 0.5) is 0 Å². The fourth-order valence-electron chi connectivity index (χ4n) is 1.40. The van der Waals surface area contributed by atoms with Crippen molar-refractivity contribution in [3.05, 3.63) is 16.1 Å². The zero-order chi connectivity index (χ0) is 14.1. The van der Waals surface area contributed by atoms with Gasteiger partial charge in [-0.3, -0.25) is 4.79 Å². The van der Waals surface area contributed by atoms with Gasteiger partial charge in [-0.05, 0) is 13.3 Å². The second-order valence-electron chi connectivity index (χ2n) is 3.83. The molecule has 0 aliphatic rings. The number of carbonyl (C=O) groups excluding carboxylic acids is 1. The molecule has 19 heavy (non-hydrogen) atoms. The second-order valence-corrected chi connectivity index (χ2v) is 4.77. The number of amides is 1. The number of nitrogens with zero attached hydrogens (tertiary/aromatic N) is 1. The van der Waals surface area contributed by atoms with Crippen molar-refractivity contribution in [1.82, 2.24) is 10.3 Å². The predicted octanol–water partition coefficient (Wildman–Crippen LogP) is 1.32. The number of aromatic carboxylic acids is 1. The molecule has 1 rings (SSSR count). The summed E-state index contributed by atoms with van der Waals surface area (Å²) < 4.78 is 5.14. The van der Waals surface area contributed by atoms with Crippen LogP contribution in [0.5, 0.6) is 0 Å². The second kappa shape index (κ2) is 8.60. The molecule has 0 fully saturated rings. The van der Waals surface area contributed by atoms with E-state index in [0.29, 0.717) is 44.0 Å². The molecule has 6 nitrogen and oxygen atoms in total. The van der Waals surface area contributed by atoms with Gasteiger partial charge in [0, 0.05) is 38.0 Å². The summed E-state index contributed by atoms with van der Waals surface area (Å²) in [6.07, 6.45) is 1.70. The molecule has 7 heteroatoms. The number of thiazole rings is 1. The molecule has 0 saturated carbocycles. The molecule has 1 aromatic rings. The minimum atomic E-state index is -1.03. The molecule has 0 atom stereocenters. The van der Waals surface area contributed by atoms with Crippen LogP contribution in [0, 0.1) is 0 Å². The van der Waals surface area contributed by atoms with Crippen LogP contribution in [-0.2, 0) is 16.0 Å². The standard InChI is InChI=1S/C12H18N2O4S/c1-2-18-7-3-4-10(15)13-6-5-11-14-9(8-19-11)12(16)17/h8H,2-7H2,1H3,(H,13,15)(H,16,17). The number of carboxylic acids is 1. The van der Waals surface area contributed by atoms with E-state index in [0.717, 1.165) is 0 Å². The number of hydrogen-bond donors (Lipinski definition) is 2. The minimum absolute atomic E-state index is 0.0188. The van der Waals surface area contributed by atoms with Crippen LogP contribution in [-0.4, -0.2) is 41.7 Å². The maximum absolute atomic E-state index is 11.4. The summed E-state index contributed by atoms with van der Waals surface area (Å²) >= 11 is 1.29. The maximum Gasteiger partial charge on any atom is 0.355 e. The third-order valence-corrected chi connectivity index (χ3v) is 3.24. The van der Waals surface area contributed by atoms with E-state index >= 15 is 0 Å². The first-order valence-corrected chi connectivity index (χ1v) is 7.03. The molecule has 0 spiro atoms. The van der Waals surface area contributed by atoms with Gasteiger partial charge in [0.05, 0.1) is 5.01 Å². The molecule has 0 aromatic carbocycles. The highest BCUT2D eigenvalue weighted by atomic mass is 32.1. The van der Waals surface area contributed by atoms with Gasteiger partial charge in [0.25, 0.3) is 0 Å². The quantitative estimate of drug-likeness (QED) is 0.668. The van der Waals surface area contributed by atoms with Gasteiger partial charge in [-0.25, -0.2) is 9.78 Å². The molecule has 0 bridgehead atoms. The Kier molecular flexibility index (Phi) is 7.06. The van der Waals surface area contributed by atoms with Crippen LogP contribution in [0.15, 0.2) is 5.38 Å². The van der Waals surface area contributed by atoms with E-state index in [2.05, 4.69) is 10.3 Å². The molecule has 2 N–H and O–H groups in total. The van der Waals surface area contributed by atoms with Gasteiger partial charge in [0.2, 0.25) is 5.91 Å². The van der Waals surface area contributed by atoms with Crippen molar-refractivity contribution >= 4 is 23.2 Å². The molecule has 0 radical (unpaired) electrons. The van der Waals surface area contributed by atoms with Gasteiger partial charge in [0.15, 0.2) is 5.69 Å². The average molecular weight is 286 g/mol. The van der Waals surface area contributed by atoms with Gasteiger partial charge >= 0.3 is 5.97 Å². The van der Waals surface area contributed by atoms with E-state index in [4.69, 9.17) is 9.84 Å². The summed E-state index contributed by atoms with van der Waals surface area (Å²) in [6.45, 7) is 3.65. The fraction of sp³-hybridized carbons (Fsp3) is 0.583. The van der Waals surface area contributed by atoms with Gasteiger partial charge < -0.3 is 15.2 Å². The molecule has 106 valence electrons. The average Bonchev–Trinajstić information content (AvgIpc) is 2.84. The van der Waals surface area contributed by atoms with Crippen LogP contribution in [0.25, 0.3) is 0 Å². The molecular formula is C12H18N2O4S. The smallest absolute Gasteiger partial charge is 0.355 e. The van der Waals surface area contributed by atoms with Crippen LogP contribution in [0.1, 0.15) is 35.3 Å². The first-order valence-electron chi connectivity index (χ1n) is 6.15. The number of carbonyl (C=O) groups is 2. The summed E-state index contributed by atoms with van der Waals surface area (Å²) in [7, 11) is 0. The molecule has 0 saturated heterocycles. The summed E-state index contributed by atoms with van der Waals surface area (Å²) in [5, 5.41) is 13.7. The lowest BCUT2D eigenvalue weighted by molar-refractivity contribution is -0.121. The Balaban J connectivity index is 2.15. The topological polar surface area (TPSA) is 88.5 Å².